The van der Waals surface area contributed by atoms with Gasteiger partial charge in [0.15, 0.2) is 11.4 Å². The number of nitrogen functional groups attached to an aromatic ring is 1. The zero-order chi connectivity index (χ0) is 16.5. The number of aryl methyl sites for hydroxylation is 1. The number of nitrogens with zero attached hydrogens (tertiary/aromatic N) is 2. The third-order valence-corrected chi connectivity index (χ3v) is 2.89. The van der Waals surface area contributed by atoms with Gasteiger partial charge in [-0.15, -0.1) is 0 Å². The fourth-order valence-corrected chi connectivity index (χ4v) is 1.80. The summed E-state index contributed by atoms with van der Waals surface area (Å²) in [4.78, 5) is 18.6. The number of esters is 1. The molecule has 1 aromatic heterocycles. The second kappa shape index (κ2) is 5.80. The predicted molar refractivity (Wildman–Crippen MR) is 72.6 cm³/mol. The van der Waals surface area contributed by atoms with Crippen LogP contribution in [0.3, 0.4) is 0 Å². The molecule has 0 spiro atoms. The van der Waals surface area contributed by atoms with E-state index >= 15 is 0 Å². The highest BCUT2D eigenvalue weighted by Gasteiger charge is 2.36. The molecular formula is C13H9ClF3N3O2. The number of hydrogen-bond acceptors (Lipinski definition) is 5. The summed E-state index contributed by atoms with van der Waals surface area (Å²) in [6.07, 6.45) is -3.82. The Kier molecular flexibility index (Phi) is 4.23. The number of ether oxygens (including phenoxy) is 1. The van der Waals surface area contributed by atoms with E-state index in [1.54, 1.807) is 0 Å². The first-order chi connectivity index (χ1) is 10.2. The highest BCUT2D eigenvalue weighted by atomic mass is 35.5. The molecule has 0 bridgehead atoms. The van der Waals surface area contributed by atoms with E-state index in [1.807, 2.05) is 0 Å². The van der Waals surface area contributed by atoms with E-state index in [0.717, 1.165) is 13.1 Å². The Hall–Kier alpha value is -2.35. The van der Waals surface area contributed by atoms with Crippen LogP contribution in [0.2, 0.25) is 5.02 Å². The quantitative estimate of drug-likeness (QED) is 0.519. The monoisotopic (exact) mass is 331 g/mol. The molecule has 1 aromatic carbocycles. The first-order valence-electron chi connectivity index (χ1n) is 5.86. The number of rotatable bonds is 2. The molecule has 0 saturated carbocycles. The Morgan fingerprint density at radius 3 is 2.64 bits per heavy atom. The van der Waals surface area contributed by atoms with Gasteiger partial charge in [0, 0.05) is 5.69 Å². The van der Waals surface area contributed by atoms with Crippen molar-refractivity contribution in [3.8, 4) is 5.75 Å². The topological polar surface area (TPSA) is 78.1 Å². The fourth-order valence-electron chi connectivity index (χ4n) is 1.57. The Bertz CT molecular complexity index is 735. The molecule has 1 heterocycles. The van der Waals surface area contributed by atoms with E-state index in [4.69, 9.17) is 22.1 Å². The Labute approximate surface area is 127 Å². The standard InChI is InChI=1S/C13H9ClF3N3O2/c1-6-11(13(15,16)17)20-9(5-19-6)12(21)22-10-3-2-7(18)4-8(10)14/h2-5H,18H2,1H3. The minimum atomic E-state index is -4.72. The smallest absolute Gasteiger partial charge is 0.420 e. The van der Waals surface area contributed by atoms with Crippen molar-refractivity contribution in [3.05, 3.63) is 46.5 Å². The van der Waals surface area contributed by atoms with Crippen LogP contribution in [-0.4, -0.2) is 15.9 Å². The van der Waals surface area contributed by atoms with Gasteiger partial charge < -0.3 is 10.5 Å². The molecule has 0 radical (unpaired) electrons. The number of aromatic nitrogens is 2. The van der Waals surface area contributed by atoms with Crippen LogP contribution in [0, 0.1) is 6.92 Å². The zero-order valence-electron chi connectivity index (χ0n) is 11.1. The number of nitrogens with two attached hydrogens (primary N) is 1. The Morgan fingerprint density at radius 1 is 1.36 bits per heavy atom. The molecule has 116 valence electrons. The molecule has 0 aliphatic heterocycles. The lowest BCUT2D eigenvalue weighted by atomic mass is 10.3. The summed E-state index contributed by atoms with van der Waals surface area (Å²) < 4.78 is 43.1. The molecule has 0 saturated heterocycles. The Morgan fingerprint density at radius 2 is 2.05 bits per heavy atom. The second-order valence-electron chi connectivity index (χ2n) is 4.27. The van der Waals surface area contributed by atoms with Crippen LogP contribution in [0.15, 0.2) is 24.4 Å². The van der Waals surface area contributed by atoms with Gasteiger partial charge in [0.25, 0.3) is 0 Å². The van der Waals surface area contributed by atoms with Crippen LogP contribution < -0.4 is 10.5 Å². The van der Waals surface area contributed by atoms with Crippen molar-refractivity contribution >= 4 is 23.3 Å². The lowest BCUT2D eigenvalue weighted by molar-refractivity contribution is -0.142. The normalized spacial score (nSPS) is 11.3. The van der Waals surface area contributed by atoms with Crippen LogP contribution in [0.4, 0.5) is 18.9 Å². The minimum Gasteiger partial charge on any atom is -0.420 e. The van der Waals surface area contributed by atoms with Gasteiger partial charge >= 0.3 is 12.1 Å². The number of alkyl halides is 3. The van der Waals surface area contributed by atoms with Gasteiger partial charge in [-0.25, -0.2) is 9.78 Å². The summed E-state index contributed by atoms with van der Waals surface area (Å²) in [5.41, 5.74) is 3.67. The number of carbonyl (C=O) groups is 1. The molecule has 0 fully saturated rings. The molecule has 2 aromatic rings. The average Bonchev–Trinajstić information content (AvgIpc) is 2.41. The van der Waals surface area contributed by atoms with Crippen molar-refractivity contribution in [3.63, 3.8) is 0 Å². The van der Waals surface area contributed by atoms with Crippen molar-refractivity contribution in [2.75, 3.05) is 5.73 Å². The first kappa shape index (κ1) is 16.0. The van der Waals surface area contributed by atoms with Gasteiger partial charge in [-0.05, 0) is 25.1 Å². The molecule has 0 atom stereocenters. The summed E-state index contributed by atoms with van der Waals surface area (Å²) in [7, 11) is 0. The predicted octanol–water partition coefficient (Wildman–Crippen LogP) is 3.26. The van der Waals surface area contributed by atoms with E-state index < -0.39 is 23.5 Å². The summed E-state index contributed by atoms with van der Waals surface area (Å²) in [5, 5.41) is 0.0458. The maximum atomic E-state index is 12.7. The van der Waals surface area contributed by atoms with E-state index in [2.05, 4.69) is 9.97 Å². The summed E-state index contributed by atoms with van der Waals surface area (Å²) in [6.45, 7) is 1.14. The van der Waals surface area contributed by atoms with Crippen molar-refractivity contribution < 1.29 is 22.7 Å². The maximum absolute atomic E-state index is 12.7. The molecule has 2 rings (SSSR count). The molecule has 0 amide bonds. The van der Waals surface area contributed by atoms with Gasteiger partial charge in [0.05, 0.1) is 16.9 Å². The lowest BCUT2D eigenvalue weighted by Crippen LogP contribution is -2.18. The van der Waals surface area contributed by atoms with E-state index in [1.165, 1.54) is 18.2 Å². The highest BCUT2D eigenvalue weighted by Crippen LogP contribution is 2.30. The largest absolute Gasteiger partial charge is 0.435 e. The van der Waals surface area contributed by atoms with Crippen molar-refractivity contribution in [2.45, 2.75) is 13.1 Å². The average molecular weight is 332 g/mol. The molecule has 0 unspecified atom stereocenters. The van der Waals surface area contributed by atoms with Gasteiger partial charge in [-0.2, -0.15) is 13.2 Å². The third kappa shape index (κ3) is 3.45. The zero-order valence-corrected chi connectivity index (χ0v) is 11.9. The van der Waals surface area contributed by atoms with Crippen LogP contribution in [0.1, 0.15) is 21.9 Å². The number of anilines is 1. The van der Waals surface area contributed by atoms with Crippen LogP contribution >= 0.6 is 11.6 Å². The number of benzene rings is 1. The van der Waals surface area contributed by atoms with E-state index in [9.17, 15) is 18.0 Å². The van der Waals surface area contributed by atoms with E-state index in [0.29, 0.717) is 5.69 Å². The Balaban J connectivity index is 2.30. The number of hydrogen-bond donors (Lipinski definition) is 1. The summed E-state index contributed by atoms with van der Waals surface area (Å²) in [6, 6.07) is 4.09. The molecule has 9 heteroatoms. The number of carbonyl (C=O) groups excluding carboxylic acids is 1. The third-order valence-electron chi connectivity index (χ3n) is 2.59. The molecular weight excluding hydrogens is 323 g/mol. The molecule has 22 heavy (non-hydrogen) atoms. The number of halogens is 4. The van der Waals surface area contributed by atoms with Crippen LogP contribution in [0.5, 0.6) is 5.75 Å². The van der Waals surface area contributed by atoms with Gasteiger partial charge in [-0.1, -0.05) is 11.6 Å². The molecule has 2 N–H and O–H groups in total. The van der Waals surface area contributed by atoms with Crippen molar-refractivity contribution in [2.24, 2.45) is 0 Å². The summed E-state index contributed by atoms with van der Waals surface area (Å²) in [5.74, 6) is -1.15. The van der Waals surface area contributed by atoms with Crippen molar-refractivity contribution in [1.29, 1.82) is 0 Å². The molecule has 0 aliphatic carbocycles. The molecule has 5 nitrogen and oxygen atoms in total. The maximum Gasteiger partial charge on any atom is 0.435 e. The molecule has 0 aliphatic rings. The van der Waals surface area contributed by atoms with Gasteiger partial charge in [0.1, 0.15) is 5.75 Å². The van der Waals surface area contributed by atoms with Gasteiger partial charge in [0.2, 0.25) is 0 Å². The van der Waals surface area contributed by atoms with Crippen molar-refractivity contribution in [1.82, 2.24) is 9.97 Å². The first-order valence-corrected chi connectivity index (χ1v) is 6.24. The van der Waals surface area contributed by atoms with Crippen LogP contribution in [-0.2, 0) is 6.18 Å². The minimum absolute atomic E-state index is 0.0446. The van der Waals surface area contributed by atoms with E-state index in [-0.39, 0.29) is 16.5 Å². The second-order valence-corrected chi connectivity index (χ2v) is 4.67. The lowest BCUT2D eigenvalue weighted by Gasteiger charge is -2.10. The van der Waals surface area contributed by atoms with Crippen LogP contribution in [0.25, 0.3) is 0 Å². The highest BCUT2D eigenvalue weighted by molar-refractivity contribution is 6.32. The fraction of sp³-hybridized carbons (Fsp3) is 0.154. The van der Waals surface area contributed by atoms with Gasteiger partial charge in [-0.3, -0.25) is 4.98 Å². The summed E-state index contributed by atoms with van der Waals surface area (Å²) >= 11 is 5.82. The SMILES string of the molecule is Cc1ncc(C(=O)Oc2ccc(N)cc2Cl)nc1C(F)(F)F.